The second-order valence-electron chi connectivity index (χ2n) is 23.1. The minimum atomic E-state index is -0.202. The Morgan fingerprint density at radius 1 is 0.467 bits per heavy atom. The summed E-state index contributed by atoms with van der Waals surface area (Å²) in [6, 6.07) is 63.9. The highest BCUT2D eigenvalue weighted by molar-refractivity contribution is 7.26. The van der Waals surface area contributed by atoms with Crippen LogP contribution >= 0.6 is 22.7 Å². The molecule has 6 heteroatoms. The van der Waals surface area contributed by atoms with Crippen molar-refractivity contribution in [3.8, 4) is 22.8 Å². The number of hydrogen-bond donors (Lipinski definition) is 0. The number of nitrogens with zero attached hydrogens (tertiary/aromatic N) is 4. The molecule has 0 unspecified atom stereocenters. The highest BCUT2D eigenvalue weighted by atomic mass is 32.1. The van der Waals surface area contributed by atoms with Gasteiger partial charge < -0.3 is 4.57 Å². The topological polar surface area (TPSA) is 43.6 Å². The average Bonchev–Trinajstić information content (AvgIpc) is 4.09. The maximum atomic E-state index is 5.37. The van der Waals surface area contributed by atoms with Gasteiger partial charge >= 0.3 is 0 Å². The van der Waals surface area contributed by atoms with Gasteiger partial charge in [-0.1, -0.05) is 202 Å². The molecule has 0 N–H and O–H groups in total. The molecule has 0 aliphatic carbocycles. The van der Waals surface area contributed by atoms with Gasteiger partial charge in [-0.3, -0.25) is 0 Å². The molecule has 4 aromatic heterocycles. The van der Waals surface area contributed by atoms with Gasteiger partial charge in [-0.05, 0) is 98.7 Å². The highest BCUT2D eigenvalue weighted by Gasteiger charge is 2.29. The Morgan fingerprint density at radius 2 is 0.987 bits per heavy atom. The van der Waals surface area contributed by atoms with E-state index in [0.29, 0.717) is 23.0 Å². The molecule has 4 heterocycles. The molecule has 0 bridgehead atoms. The van der Waals surface area contributed by atoms with E-state index in [1.54, 1.807) is 22.7 Å². The average molecular weight is 1010 g/mol. The van der Waals surface area contributed by atoms with Crippen LogP contribution in [-0.4, -0.2) is 19.5 Å². The Kier molecular flexibility index (Phi) is 11.7. The largest absolute Gasteiger partial charge is 0.308 e. The molecule has 0 atom stereocenters. The minimum absolute atomic E-state index is 0.0534. The lowest BCUT2D eigenvalue weighted by molar-refractivity contribution is 0.572. The molecule has 0 saturated heterocycles. The summed E-state index contributed by atoms with van der Waals surface area (Å²) < 4.78 is 7.43. The maximum absolute atomic E-state index is 5.37. The van der Waals surface area contributed by atoms with Gasteiger partial charge in [0.05, 0.1) is 16.7 Å². The van der Waals surface area contributed by atoms with E-state index < -0.39 is 0 Å². The highest BCUT2D eigenvalue weighted by Crippen LogP contribution is 2.46. The fraction of sp³-hybridized carbons (Fsp3) is 0.174. The predicted octanol–water partition coefficient (Wildman–Crippen LogP) is 19.7. The normalized spacial score (nSPS) is 13.1. The van der Waals surface area contributed by atoms with Crippen molar-refractivity contribution in [2.45, 2.75) is 78.6 Å². The molecule has 0 aliphatic rings. The molecule has 0 fully saturated rings. The molecular weight excluding hydrogens is 949 g/mol. The van der Waals surface area contributed by atoms with Gasteiger partial charge in [-0.2, -0.15) is 0 Å². The first-order valence-corrected chi connectivity index (χ1v) is 27.6. The fourth-order valence-electron chi connectivity index (χ4n) is 10.5. The van der Waals surface area contributed by atoms with Crippen molar-refractivity contribution in [2.24, 2.45) is 0 Å². The minimum Gasteiger partial charge on any atom is -0.308 e. The molecule has 0 saturated carbocycles. The van der Waals surface area contributed by atoms with E-state index in [9.17, 15) is 0 Å². The van der Waals surface area contributed by atoms with Crippen molar-refractivity contribution in [3.63, 3.8) is 0 Å². The Labute approximate surface area is 448 Å². The molecule has 0 spiro atoms. The van der Waals surface area contributed by atoms with Crippen molar-refractivity contribution in [2.75, 3.05) is 0 Å². The van der Waals surface area contributed by atoms with Crippen molar-refractivity contribution < 1.29 is 0 Å². The molecular formula is C69H60N4S2. The summed E-state index contributed by atoms with van der Waals surface area (Å²) >= 11 is 3.59. The van der Waals surface area contributed by atoms with Crippen molar-refractivity contribution >= 4 is 108 Å². The second-order valence-corrected chi connectivity index (χ2v) is 25.2. The monoisotopic (exact) mass is 1010 g/mol. The van der Waals surface area contributed by atoms with Crippen LogP contribution in [0.5, 0.6) is 0 Å². The van der Waals surface area contributed by atoms with E-state index in [4.69, 9.17) is 21.5 Å². The van der Waals surface area contributed by atoms with Crippen LogP contribution in [0.4, 0.5) is 0 Å². The van der Waals surface area contributed by atoms with Gasteiger partial charge in [0.1, 0.15) is 0 Å². The predicted molar refractivity (Wildman–Crippen MR) is 326 cm³/mol. The van der Waals surface area contributed by atoms with Gasteiger partial charge in [-0.15, -0.1) is 22.7 Å². The fourth-order valence-corrected chi connectivity index (χ4v) is 12.8. The Hall–Kier alpha value is -7.77. The van der Waals surface area contributed by atoms with Crippen LogP contribution in [0, 0.1) is 0 Å². The number of hydrogen-bond acceptors (Lipinski definition) is 5. The van der Waals surface area contributed by atoms with E-state index in [0.717, 1.165) is 39.0 Å². The van der Waals surface area contributed by atoms with Crippen LogP contribution in [-0.2, 0) is 16.2 Å². The van der Waals surface area contributed by atoms with E-state index in [-0.39, 0.29) is 16.2 Å². The van der Waals surface area contributed by atoms with Crippen LogP contribution in [0.15, 0.2) is 189 Å². The Balaban J connectivity index is 1.13. The lowest BCUT2D eigenvalue weighted by atomic mass is 9.79. The van der Waals surface area contributed by atoms with Crippen molar-refractivity contribution in [3.05, 3.63) is 222 Å². The number of rotatable bonds is 8. The molecule has 0 amide bonds. The first-order chi connectivity index (χ1) is 36.0. The lowest BCUT2D eigenvalue weighted by Crippen LogP contribution is -2.18. The number of benzene rings is 8. The van der Waals surface area contributed by atoms with Gasteiger partial charge in [0, 0.05) is 73.4 Å². The van der Waals surface area contributed by atoms with E-state index >= 15 is 0 Å². The number of fused-ring (bicyclic) bond motifs is 9. The molecule has 4 nitrogen and oxygen atoms in total. The quantitative estimate of drug-likeness (QED) is 0.143. The first-order valence-electron chi connectivity index (χ1n) is 25.9. The number of aromatic nitrogens is 4. The summed E-state index contributed by atoms with van der Waals surface area (Å²) in [4.78, 5) is 16.0. The van der Waals surface area contributed by atoms with Crippen LogP contribution in [0.2, 0.25) is 0 Å². The van der Waals surface area contributed by atoms with Crippen LogP contribution < -0.4 is 0 Å². The van der Waals surface area contributed by atoms with E-state index in [2.05, 4.69) is 255 Å². The zero-order valence-electron chi connectivity index (χ0n) is 44.2. The second kappa shape index (κ2) is 18.3. The third-order valence-electron chi connectivity index (χ3n) is 14.6. The molecule has 75 heavy (non-hydrogen) atoms. The van der Waals surface area contributed by atoms with Gasteiger partial charge in [0.15, 0.2) is 17.5 Å². The van der Waals surface area contributed by atoms with Crippen LogP contribution in [0.25, 0.3) is 108 Å². The first kappa shape index (κ1) is 48.2. The zero-order valence-corrected chi connectivity index (χ0v) is 45.8. The van der Waals surface area contributed by atoms with Gasteiger partial charge in [0.2, 0.25) is 0 Å². The number of allylic oxidation sites excluding steroid dienone is 4. The van der Waals surface area contributed by atoms with Crippen molar-refractivity contribution in [1.29, 1.82) is 0 Å². The van der Waals surface area contributed by atoms with Gasteiger partial charge in [-0.25, -0.2) is 15.0 Å². The summed E-state index contributed by atoms with van der Waals surface area (Å²) in [6.07, 6.45) is 4.55. The molecule has 0 radical (unpaired) electrons. The Morgan fingerprint density at radius 3 is 1.55 bits per heavy atom. The molecule has 8 aromatic carbocycles. The number of thiophene rings is 2. The SMILES string of the molecule is C=C(C=C(/C(=C/c1ccccc1)n1c2ccc(C(C)(C)C)cc2c2cc(C(C)(C)C)cc(C(C)(C)C)c21)c1ccccc1)c1nc(-c2ccc3c(c2)sc2ccccc23)nc(-c2ccc3c(c2)sc2ccccc23)n1. The summed E-state index contributed by atoms with van der Waals surface area (Å²) in [5.41, 5.74) is 12.6. The third kappa shape index (κ3) is 8.90. The summed E-state index contributed by atoms with van der Waals surface area (Å²) in [7, 11) is 0. The Bertz CT molecular complexity index is 4160. The van der Waals surface area contributed by atoms with Crippen LogP contribution in [0.3, 0.4) is 0 Å². The molecule has 0 aliphatic heterocycles. The summed E-state index contributed by atoms with van der Waals surface area (Å²) in [5, 5.41) is 7.45. The summed E-state index contributed by atoms with van der Waals surface area (Å²) in [6.45, 7) is 25.8. The third-order valence-corrected chi connectivity index (χ3v) is 16.9. The molecule has 368 valence electrons. The lowest BCUT2D eigenvalue weighted by Gasteiger charge is -2.28. The summed E-state index contributed by atoms with van der Waals surface area (Å²) in [5.74, 6) is 1.71. The smallest absolute Gasteiger partial charge is 0.164 e. The standard InChI is InChI=1S/C69H60N4S2/c1-42(64-70-65(45-29-32-51-49-25-17-19-27-59(49)74-61(51)37-45)72-66(71-64)46-30-33-52-50-26-18-20-28-60(50)75-62(52)38-46)35-53(44-23-15-12-16-24-44)58(36-43-21-13-11-14-22-43)73-57-34-31-47(67(2,3)4)39-54(57)55-40-48(68(5,6)7)41-56(63(55)73)69(8,9)10/h11-41H,1H2,2-10H3/b53-35?,58-36-. The van der Waals surface area contributed by atoms with Gasteiger partial charge in [0.25, 0.3) is 0 Å². The molecule has 12 aromatic rings. The molecule has 12 rings (SSSR count). The van der Waals surface area contributed by atoms with E-state index in [1.807, 2.05) is 0 Å². The van der Waals surface area contributed by atoms with E-state index in [1.165, 1.54) is 73.3 Å². The zero-order chi connectivity index (χ0) is 52.0. The van der Waals surface area contributed by atoms with Crippen molar-refractivity contribution in [1.82, 2.24) is 19.5 Å². The van der Waals surface area contributed by atoms with Crippen LogP contribution in [0.1, 0.15) is 96.0 Å². The maximum Gasteiger partial charge on any atom is 0.164 e.